The van der Waals surface area contributed by atoms with E-state index in [1.165, 1.54) is 23.9 Å². The molecular weight excluding hydrogens is 526 g/mol. The first kappa shape index (κ1) is 33.5. The Morgan fingerprint density at radius 2 is 1.54 bits per heavy atom. The predicted octanol–water partition coefficient (Wildman–Crippen LogP) is -0.736. The molecule has 13 nitrogen and oxygen atoms in total. The third-order valence-electron chi connectivity index (χ3n) is 5.79. The number of benzene rings is 1. The van der Waals surface area contributed by atoms with E-state index in [4.69, 9.17) is 17.2 Å². The van der Waals surface area contributed by atoms with Crippen molar-refractivity contribution in [2.45, 2.75) is 63.7 Å². The lowest BCUT2D eigenvalue weighted by Gasteiger charge is -2.26. The Kier molecular flexibility index (Phi) is 14.7. The lowest BCUT2D eigenvalue weighted by Crippen LogP contribution is -2.58. The maximum atomic E-state index is 13.4. The standard InChI is InChI=1S/C25H41N7O6S/c1-14(2)20(24(37)38)32-23(36)19(13-15-6-8-16(33)9-7-15)31-22(35)18(5-4-11-29-25(27)28)30-21(34)17(26)10-12-39-3/h6-9,14,17-20,33H,4-5,10-13,26H2,1-3H3,(H,30,34)(H,31,35)(H,32,36)(H,37,38)(H4,27,28,29). The summed E-state index contributed by atoms with van der Waals surface area (Å²) in [5.74, 6) is -2.93. The van der Waals surface area contributed by atoms with Gasteiger partial charge in [-0.1, -0.05) is 26.0 Å². The van der Waals surface area contributed by atoms with Gasteiger partial charge in [0.15, 0.2) is 5.96 Å². The zero-order valence-corrected chi connectivity index (χ0v) is 23.4. The maximum absolute atomic E-state index is 13.4. The van der Waals surface area contributed by atoms with Gasteiger partial charge >= 0.3 is 5.97 Å². The SMILES string of the molecule is CSCCC(N)C(=O)NC(CCCN=C(N)N)C(=O)NC(Cc1ccc(O)cc1)C(=O)NC(C(=O)O)C(C)C. The van der Waals surface area contributed by atoms with Crippen molar-refractivity contribution in [2.24, 2.45) is 28.1 Å². The molecule has 0 spiro atoms. The second-order valence-corrected chi connectivity index (χ2v) is 10.4. The summed E-state index contributed by atoms with van der Waals surface area (Å²) in [5.41, 5.74) is 17.3. The molecular formula is C25H41N7O6S. The van der Waals surface area contributed by atoms with Crippen molar-refractivity contribution in [3.63, 3.8) is 0 Å². The number of phenolic OH excluding ortho intramolecular Hbond substituents is 1. The van der Waals surface area contributed by atoms with Gasteiger partial charge in [0.25, 0.3) is 0 Å². The minimum absolute atomic E-state index is 0.00416. The Balaban J connectivity index is 3.17. The van der Waals surface area contributed by atoms with Crippen LogP contribution in [0.4, 0.5) is 0 Å². The van der Waals surface area contributed by atoms with Crippen molar-refractivity contribution in [2.75, 3.05) is 18.6 Å². The van der Waals surface area contributed by atoms with Crippen LogP contribution in [0.5, 0.6) is 5.75 Å². The minimum Gasteiger partial charge on any atom is -0.508 e. The number of carboxylic acids is 1. The van der Waals surface area contributed by atoms with Crippen LogP contribution in [0.25, 0.3) is 0 Å². The van der Waals surface area contributed by atoms with Crippen molar-refractivity contribution in [3.8, 4) is 5.75 Å². The van der Waals surface area contributed by atoms with Crippen LogP contribution in [0.3, 0.4) is 0 Å². The van der Waals surface area contributed by atoms with Crippen molar-refractivity contribution in [1.29, 1.82) is 0 Å². The highest BCUT2D eigenvalue weighted by atomic mass is 32.2. The molecule has 3 amide bonds. The summed E-state index contributed by atoms with van der Waals surface area (Å²) in [6.45, 7) is 3.51. The highest BCUT2D eigenvalue weighted by Gasteiger charge is 2.31. The van der Waals surface area contributed by atoms with Gasteiger partial charge in [-0.25, -0.2) is 4.79 Å². The molecule has 39 heavy (non-hydrogen) atoms. The number of hydrogen-bond acceptors (Lipinski definition) is 8. The Morgan fingerprint density at radius 1 is 0.949 bits per heavy atom. The van der Waals surface area contributed by atoms with Gasteiger partial charge in [0.2, 0.25) is 17.7 Å². The zero-order valence-electron chi connectivity index (χ0n) is 22.6. The zero-order chi connectivity index (χ0) is 29.5. The quantitative estimate of drug-likeness (QED) is 0.0667. The Morgan fingerprint density at radius 3 is 2.08 bits per heavy atom. The highest BCUT2D eigenvalue weighted by molar-refractivity contribution is 7.98. The van der Waals surface area contributed by atoms with Gasteiger partial charge in [0.1, 0.15) is 23.9 Å². The van der Waals surface area contributed by atoms with E-state index in [1.54, 1.807) is 26.0 Å². The van der Waals surface area contributed by atoms with E-state index < -0.39 is 53.8 Å². The topological polar surface area (TPSA) is 235 Å². The third kappa shape index (κ3) is 12.7. The Hall–Kier alpha value is -3.52. The van der Waals surface area contributed by atoms with E-state index in [1.807, 2.05) is 6.26 Å². The normalized spacial score (nSPS) is 14.0. The molecule has 0 saturated heterocycles. The number of carbonyl (C=O) groups is 4. The van der Waals surface area contributed by atoms with Crippen molar-refractivity contribution < 1.29 is 29.4 Å². The van der Waals surface area contributed by atoms with Gasteiger partial charge < -0.3 is 43.4 Å². The second-order valence-electron chi connectivity index (χ2n) is 9.40. The molecule has 0 saturated carbocycles. The minimum atomic E-state index is -1.21. The molecule has 0 bridgehead atoms. The van der Waals surface area contributed by atoms with E-state index in [9.17, 15) is 29.4 Å². The number of nitrogens with two attached hydrogens (primary N) is 3. The number of rotatable bonds is 17. The number of nitrogens with one attached hydrogen (secondary N) is 3. The summed E-state index contributed by atoms with van der Waals surface area (Å²) in [6, 6.07) is 1.79. The van der Waals surface area contributed by atoms with Crippen molar-refractivity contribution in [1.82, 2.24) is 16.0 Å². The second kappa shape index (κ2) is 17.1. The first-order valence-corrected chi connectivity index (χ1v) is 14.0. The lowest BCUT2D eigenvalue weighted by molar-refractivity contribution is -0.143. The number of amides is 3. The summed E-state index contributed by atoms with van der Waals surface area (Å²) < 4.78 is 0. The largest absolute Gasteiger partial charge is 0.508 e. The highest BCUT2D eigenvalue weighted by Crippen LogP contribution is 2.13. The van der Waals surface area contributed by atoms with Gasteiger partial charge in [0.05, 0.1) is 6.04 Å². The van der Waals surface area contributed by atoms with Crippen LogP contribution >= 0.6 is 11.8 Å². The van der Waals surface area contributed by atoms with Gasteiger partial charge in [-0.15, -0.1) is 0 Å². The van der Waals surface area contributed by atoms with E-state index in [2.05, 4.69) is 20.9 Å². The molecule has 0 aromatic heterocycles. The summed E-state index contributed by atoms with van der Waals surface area (Å²) in [4.78, 5) is 54.8. The summed E-state index contributed by atoms with van der Waals surface area (Å²) in [6.07, 6.45) is 2.80. The third-order valence-corrected chi connectivity index (χ3v) is 6.43. The monoisotopic (exact) mass is 567 g/mol. The Bertz CT molecular complexity index is 986. The Labute approximate surface area is 232 Å². The number of carboxylic acid groups (broad SMARTS) is 1. The van der Waals surface area contributed by atoms with Crippen LogP contribution in [0.2, 0.25) is 0 Å². The first-order valence-electron chi connectivity index (χ1n) is 12.6. The van der Waals surface area contributed by atoms with E-state index >= 15 is 0 Å². The van der Waals surface area contributed by atoms with Gasteiger partial charge in [0, 0.05) is 13.0 Å². The molecule has 4 atom stereocenters. The number of hydrogen-bond donors (Lipinski definition) is 8. The molecule has 11 N–H and O–H groups in total. The fourth-order valence-electron chi connectivity index (χ4n) is 3.54. The molecule has 1 aromatic carbocycles. The number of thioether (sulfide) groups is 1. The molecule has 14 heteroatoms. The number of aromatic hydroxyl groups is 1. The molecule has 1 aromatic rings. The van der Waals surface area contributed by atoms with E-state index in [0.29, 0.717) is 24.2 Å². The van der Waals surface area contributed by atoms with Crippen LogP contribution in [-0.4, -0.2) is 82.6 Å². The fraction of sp³-hybridized carbons (Fsp3) is 0.560. The molecule has 0 fully saturated rings. The molecule has 0 radical (unpaired) electrons. The van der Waals surface area contributed by atoms with Crippen LogP contribution < -0.4 is 33.2 Å². The molecule has 4 unspecified atom stereocenters. The summed E-state index contributed by atoms with van der Waals surface area (Å²) >= 11 is 1.53. The fourth-order valence-corrected chi connectivity index (χ4v) is 4.03. The van der Waals surface area contributed by atoms with Gasteiger partial charge in [-0.3, -0.25) is 19.4 Å². The number of phenols is 1. The summed E-state index contributed by atoms with van der Waals surface area (Å²) in [7, 11) is 0. The average Bonchev–Trinajstić information content (AvgIpc) is 2.87. The molecule has 0 aliphatic carbocycles. The molecule has 218 valence electrons. The van der Waals surface area contributed by atoms with Gasteiger partial charge in [-0.2, -0.15) is 11.8 Å². The van der Waals surface area contributed by atoms with E-state index in [0.717, 1.165) is 0 Å². The average molecular weight is 568 g/mol. The number of carbonyl (C=O) groups excluding carboxylic acids is 3. The van der Waals surface area contributed by atoms with Crippen LogP contribution in [-0.2, 0) is 25.6 Å². The lowest BCUT2D eigenvalue weighted by atomic mass is 10.0. The molecule has 1 rings (SSSR count). The van der Waals surface area contributed by atoms with Gasteiger partial charge in [-0.05, 0) is 54.9 Å². The molecule has 0 aliphatic heterocycles. The van der Waals surface area contributed by atoms with Crippen molar-refractivity contribution >= 4 is 41.4 Å². The molecule has 0 heterocycles. The molecule has 0 aliphatic rings. The smallest absolute Gasteiger partial charge is 0.326 e. The number of nitrogens with zero attached hydrogens (tertiary/aromatic N) is 1. The van der Waals surface area contributed by atoms with Crippen molar-refractivity contribution in [3.05, 3.63) is 29.8 Å². The predicted molar refractivity (Wildman–Crippen MR) is 151 cm³/mol. The number of guanidine groups is 1. The summed E-state index contributed by atoms with van der Waals surface area (Å²) in [5, 5.41) is 26.9. The van der Waals surface area contributed by atoms with E-state index in [-0.39, 0.29) is 31.1 Å². The van der Waals surface area contributed by atoms with Crippen LogP contribution in [0.15, 0.2) is 29.3 Å². The number of aliphatic imine (C=N–C) groups is 1. The first-order chi connectivity index (χ1) is 18.3. The number of aliphatic carboxylic acids is 1. The maximum Gasteiger partial charge on any atom is 0.326 e. The van der Waals surface area contributed by atoms with Crippen LogP contribution in [0, 0.1) is 5.92 Å². The van der Waals surface area contributed by atoms with Crippen LogP contribution in [0.1, 0.15) is 38.7 Å².